The van der Waals surface area contributed by atoms with E-state index in [1.807, 2.05) is 19.1 Å². The average Bonchev–Trinajstić information content (AvgIpc) is 2.77. The molecule has 0 aliphatic carbocycles. The maximum Gasteiger partial charge on any atom is 0.277 e. The van der Waals surface area contributed by atoms with Crippen molar-refractivity contribution in [3.63, 3.8) is 0 Å². The van der Waals surface area contributed by atoms with E-state index in [1.165, 1.54) is 6.33 Å². The molecule has 0 atom stereocenters. The zero-order chi connectivity index (χ0) is 11.8. The molecule has 0 bridgehead atoms. The van der Waals surface area contributed by atoms with Crippen LogP contribution in [-0.2, 0) is 0 Å². The van der Waals surface area contributed by atoms with E-state index in [0.717, 1.165) is 5.69 Å². The Balaban J connectivity index is 2.27. The minimum atomic E-state index is -0.245. The Morgan fingerprint density at radius 1 is 1.24 bits per heavy atom. The summed E-state index contributed by atoms with van der Waals surface area (Å²) in [6.07, 6.45) is 1.44. The van der Waals surface area contributed by atoms with Gasteiger partial charge in [-0.2, -0.15) is 0 Å². The molecule has 84 valence electrons. The van der Waals surface area contributed by atoms with Crippen LogP contribution < -0.4 is 5.56 Å². The molecule has 17 heavy (non-hydrogen) atoms. The van der Waals surface area contributed by atoms with Crippen molar-refractivity contribution in [3.05, 3.63) is 40.6 Å². The van der Waals surface area contributed by atoms with Gasteiger partial charge in [-0.05, 0) is 19.1 Å². The van der Waals surface area contributed by atoms with Crippen LogP contribution in [0.2, 0.25) is 0 Å². The molecule has 0 unspecified atom stereocenters. The smallest absolute Gasteiger partial charge is 0.277 e. The molecular formula is C11H9N5O. The van der Waals surface area contributed by atoms with Crippen molar-refractivity contribution >= 4 is 11.2 Å². The van der Waals surface area contributed by atoms with Crippen molar-refractivity contribution in [1.82, 2.24) is 24.9 Å². The fraction of sp³-hybridized carbons (Fsp3) is 0.0909. The van der Waals surface area contributed by atoms with Crippen LogP contribution in [0.1, 0.15) is 5.69 Å². The van der Waals surface area contributed by atoms with E-state index >= 15 is 0 Å². The third kappa shape index (κ3) is 1.59. The number of aromatic amines is 2. The maximum absolute atomic E-state index is 11.7. The largest absolute Gasteiger partial charge is 0.339 e. The van der Waals surface area contributed by atoms with Gasteiger partial charge in [-0.25, -0.2) is 15.0 Å². The van der Waals surface area contributed by atoms with E-state index in [4.69, 9.17) is 0 Å². The number of rotatable bonds is 1. The molecule has 3 aromatic rings. The number of imidazole rings is 1. The van der Waals surface area contributed by atoms with Gasteiger partial charge in [0.25, 0.3) is 5.56 Å². The first-order valence-electron chi connectivity index (χ1n) is 5.11. The topological polar surface area (TPSA) is 87.3 Å². The zero-order valence-electron chi connectivity index (χ0n) is 9.06. The summed E-state index contributed by atoms with van der Waals surface area (Å²) in [7, 11) is 0. The second kappa shape index (κ2) is 3.51. The maximum atomic E-state index is 11.7. The SMILES string of the molecule is Cc1cccc(-c2nc3nc[nH]c3c(=O)[nH]2)n1. The number of fused-ring (bicyclic) bond motifs is 1. The third-order valence-electron chi connectivity index (χ3n) is 2.43. The summed E-state index contributed by atoms with van der Waals surface area (Å²) in [5.74, 6) is 0.429. The lowest BCUT2D eigenvalue weighted by Crippen LogP contribution is -2.10. The molecule has 3 rings (SSSR count). The van der Waals surface area contributed by atoms with Gasteiger partial charge in [0.15, 0.2) is 17.0 Å². The van der Waals surface area contributed by atoms with E-state index in [0.29, 0.717) is 22.7 Å². The minimum Gasteiger partial charge on any atom is -0.339 e. The molecule has 0 amide bonds. The number of nitrogens with one attached hydrogen (secondary N) is 2. The Morgan fingerprint density at radius 3 is 2.94 bits per heavy atom. The van der Waals surface area contributed by atoms with Gasteiger partial charge in [0.05, 0.1) is 6.33 Å². The highest BCUT2D eigenvalue weighted by atomic mass is 16.1. The Morgan fingerprint density at radius 2 is 2.12 bits per heavy atom. The lowest BCUT2D eigenvalue weighted by Gasteiger charge is -2.00. The summed E-state index contributed by atoms with van der Waals surface area (Å²) >= 11 is 0. The van der Waals surface area contributed by atoms with Crippen LogP contribution in [0.4, 0.5) is 0 Å². The predicted octanol–water partition coefficient (Wildman–Crippen LogP) is 1.02. The van der Waals surface area contributed by atoms with Crippen LogP contribution in [0.3, 0.4) is 0 Å². The van der Waals surface area contributed by atoms with Gasteiger partial charge in [-0.15, -0.1) is 0 Å². The number of hydrogen-bond acceptors (Lipinski definition) is 4. The number of hydrogen-bond donors (Lipinski definition) is 2. The van der Waals surface area contributed by atoms with Crippen LogP contribution in [0.5, 0.6) is 0 Å². The summed E-state index contributed by atoms with van der Waals surface area (Å²) in [6.45, 7) is 1.88. The standard InChI is InChI=1S/C11H9N5O/c1-6-3-2-4-7(14-6)9-15-10-8(11(17)16-9)12-5-13-10/h2-5H,1H3,(H2,12,13,15,16,17). The fourth-order valence-corrected chi connectivity index (χ4v) is 1.64. The second-order valence-electron chi connectivity index (χ2n) is 3.68. The van der Waals surface area contributed by atoms with Crippen LogP contribution in [0.25, 0.3) is 22.7 Å². The van der Waals surface area contributed by atoms with Gasteiger partial charge in [0, 0.05) is 5.69 Å². The van der Waals surface area contributed by atoms with Gasteiger partial charge < -0.3 is 9.97 Å². The molecule has 0 aliphatic heterocycles. The van der Waals surface area contributed by atoms with Crippen LogP contribution in [0, 0.1) is 6.92 Å². The van der Waals surface area contributed by atoms with Crippen molar-refractivity contribution in [3.8, 4) is 11.5 Å². The molecule has 0 radical (unpaired) electrons. The molecule has 0 fully saturated rings. The fourth-order valence-electron chi connectivity index (χ4n) is 1.64. The van der Waals surface area contributed by atoms with Crippen molar-refractivity contribution < 1.29 is 0 Å². The third-order valence-corrected chi connectivity index (χ3v) is 2.43. The lowest BCUT2D eigenvalue weighted by molar-refractivity contribution is 1.11. The molecule has 2 N–H and O–H groups in total. The van der Waals surface area contributed by atoms with E-state index in [9.17, 15) is 4.79 Å². The molecule has 0 saturated heterocycles. The van der Waals surface area contributed by atoms with Gasteiger partial charge in [-0.3, -0.25) is 4.79 Å². The second-order valence-corrected chi connectivity index (χ2v) is 3.68. The molecule has 0 aromatic carbocycles. The van der Waals surface area contributed by atoms with E-state index < -0.39 is 0 Å². The highest BCUT2D eigenvalue weighted by molar-refractivity contribution is 5.70. The van der Waals surface area contributed by atoms with E-state index in [2.05, 4.69) is 24.9 Å². The van der Waals surface area contributed by atoms with E-state index in [1.54, 1.807) is 6.07 Å². The first-order chi connectivity index (χ1) is 8.24. The normalized spacial score (nSPS) is 10.9. The number of pyridine rings is 1. The monoisotopic (exact) mass is 227 g/mol. The Labute approximate surface area is 95.8 Å². The molecule has 0 spiro atoms. The summed E-state index contributed by atoms with van der Waals surface area (Å²) in [5, 5.41) is 0. The van der Waals surface area contributed by atoms with Crippen molar-refractivity contribution in [2.24, 2.45) is 0 Å². The minimum absolute atomic E-state index is 0.245. The van der Waals surface area contributed by atoms with Gasteiger partial charge in [0.1, 0.15) is 5.69 Å². The van der Waals surface area contributed by atoms with E-state index in [-0.39, 0.29) is 5.56 Å². The lowest BCUT2D eigenvalue weighted by atomic mass is 10.3. The first kappa shape index (κ1) is 9.71. The number of aryl methyl sites for hydroxylation is 1. The molecule has 3 heterocycles. The Hall–Kier alpha value is -2.50. The number of aromatic nitrogens is 5. The molecular weight excluding hydrogens is 218 g/mol. The Kier molecular flexibility index (Phi) is 2.01. The highest BCUT2D eigenvalue weighted by Gasteiger charge is 2.08. The molecule has 6 heteroatoms. The quantitative estimate of drug-likeness (QED) is 0.649. The van der Waals surface area contributed by atoms with Gasteiger partial charge in [-0.1, -0.05) is 6.07 Å². The van der Waals surface area contributed by atoms with Gasteiger partial charge >= 0.3 is 0 Å². The van der Waals surface area contributed by atoms with Gasteiger partial charge in [0.2, 0.25) is 0 Å². The van der Waals surface area contributed by atoms with Crippen molar-refractivity contribution in [2.75, 3.05) is 0 Å². The summed E-state index contributed by atoms with van der Waals surface area (Å²) < 4.78 is 0. The average molecular weight is 227 g/mol. The summed E-state index contributed by atoms with van der Waals surface area (Å²) in [6, 6.07) is 5.55. The first-order valence-corrected chi connectivity index (χ1v) is 5.11. The van der Waals surface area contributed by atoms with Crippen molar-refractivity contribution in [2.45, 2.75) is 6.92 Å². The van der Waals surface area contributed by atoms with Crippen LogP contribution in [-0.4, -0.2) is 24.9 Å². The molecule has 6 nitrogen and oxygen atoms in total. The molecule has 3 aromatic heterocycles. The van der Waals surface area contributed by atoms with Crippen molar-refractivity contribution in [1.29, 1.82) is 0 Å². The number of H-pyrrole nitrogens is 2. The molecule has 0 saturated carbocycles. The summed E-state index contributed by atoms with van der Waals surface area (Å²) in [4.78, 5) is 29.7. The number of nitrogens with zero attached hydrogens (tertiary/aromatic N) is 3. The van der Waals surface area contributed by atoms with Crippen LogP contribution >= 0.6 is 0 Å². The zero-order valence-corrected chi connectivity index (χ0v) is 9.06. The Bertz CT molecular complexity index is 743. The molecule has 0 aliphatic rings. The van der Waals surface area contributed by atoms with Crippen LogP contribution in [0.15, 0.2) is 29.3 Å². The summed E-state index contributed by atoms with van der Waals surface area (Å²) in [5.41, 5.74) is 2.03. The highest BCUT2D eigenvalue weighted by Crippen LogP contribution is 2.12. The predicted molar refractivity (Wildman–Crippen MR) is 62.5 cm³/mol.